The summed E-state index contributed by atoms with van der Waals surface area (Å²) in [5, 5.41) is 0. The number of hydrogen-bond acceptors (Lipinski definition) is 4. The van der Waals surface area contributed by atoms with Crippen LogP contribution in [0.3, 0.4) is 0 Å². The second-order valence-electron chi connectivity index (χ2n) is 6.98. The topological polar surface area (TPSA) is 24.9 Å². The van der Waals surface area contributed by atoms with Crippen molar-refractivity contribution in [1.82, 2.24) is 9.80 Å². The van der Waals surface area contributed by atoms with Crippen molar-refractivity contribution >= 4 is 0 Å². The van der Waals surface area contributed by atoms with Crippen molar-refractivity contribution in [3.8, 4) is 5.75 Å². The maximum absolute atomic E-state index is 6.24. The summed E-state index contributed by atoms with van der Waals surface area (Å²) in [4.78, 5) is 4.98. The van der Waals surface area contributed by atoms with E-state index in [1.807, 2.05) is 0 Å². The Morgan fingerprint density at radius 3 is 2.57 bits per heavy atom. The van der Waals surface area contributed by atoms with Crippen molar-refractivity contribution in [3.63, 3.8) is 0 Å². The molecule has 1 aromatic rings. The first kappa shape index (κ1) is 16.7. The van der Waals surface area contributed by atoms with Crippen LogP contribution in [0.25, 0.3) is 0 Å². The quantitative estimate of drug-likeness (QED) is 0.833. The first-order valence-corrected chi connectivity index (χ1v) is 9.00. The van der Waals surface area contributed by atoms with Gasteiger partial charge in [-0.15, -0.1) is 0 Å². The Hall–Kier alpha value is -1.10. The molecule has 2 fully saturated rings. The summed E-state index contributed by atoms with van der Waals surface area (Å²) in [5.41, 5.74) is 1.34. The lowest BCUT2D eigenvalue weighted by atomic mass is 10.1. The van der Waals surface area contributed by atoms with Crippen LogP contribution in [0.15, 0.2) is 24.3 Å². The van der Waals surface area contributed by atoms with Crippen LogP contribution in [0, 0.1) is 0 Å². The van der Waals surface area contributed by atoms with E-state index in [4.69, 9.17) is 9.47 Å². The minimum atomic E-state index is 0.364. The van der Waals surface area contributed by atoms with Crippen molar-refractivity contribution in [2.24, 2.45) is 0 Å². The predicted octanol–water partition coefficient (Wildman–Crippen LogP) is 2.77. The Bertz CT molecular complexity index is 478. The van der Waals surface area contributed by atoms with E-state index in [1.165, 1.54) is 5.56 Å². The van der Waals surface area contributed by atoms with E-state index in [0.717, 1.165) is 64.5 Å². The molecule has 2 aliphatic heterocycles. The molecule has 2 saturated heterocycles. The molecule has 2 aliphatic rings. The van der Waals surface area contributed by atoms with Crippen molar-refractivity contribution in [1.29, 1.82) is 0 Å². The number of rotatable bonds is 5. The molecule has 0 bridgehead atoms. The maximum atomic E-state index is 6.24. The Balaban J connectivity index is 1.51. The molecule has 0 atom stereocenters. The van der Waals surface area contributed by atoms with Crippen LogP contribution in [-0.2, 0) is 11.3 Å². The van der Waals surface area contributed by atoms with Gasteiger partial charge in [0.1, 0.15) is 11.9 Å². The van der Waals surface area contributed by atoms with E-state index in [-0.39, 0.29) is 0 Å². The van der Waals surface area contributed by atoms with Gasteiger partial charge in [-0.3, -0.25) is 4.90 Å². The van der Waals surface area contributed by atoms with E-state index in [1.54, 1.807) is 0 Å². The highest BCUT2D eigenvalue weighted by atomic mass is 16.5. The molecule has 0 unspecified atom stereocenters. The molecule has 2 heterocycles. The zero-order valence-electron chi connectivity index (χ0n) is 14.5. The number of hydrogen-bond donors (Lipinski definition) is 0. The average molecular weight is 318 g/mol. The van der Waals surface area contributed by atoms with Crippen LogP contribution < -0.4 is 4.74 Å². The molecule has 4 heteroatoms. The molecule has 3 rings (SSSR count). The number of nitrogens with zero attached hydrogens (tertiary/aromatic N) is 2. The zero-order valence-corrected chi connectivity index (χ0v) is 14.5. The number of morpholine rings is 1. The lowest BCUT2D eigenvalue weighted by Gasteiger charge is -2.34. The summed E-state index contributed by atoms with van der Waals surface area (Å²) in [5.74, 6) is 1.03. The van der Waals surface area contributed by atoms with Crippen LogP contribution in [-0.4, -0.2) is 61.3 Å². The molecule has 128 valence electrons. The van der Waals surface area contributed by atoms with Crippen molar-refractivity contribution in [2.75, 3.05) is 39.4 Å². The molecule has 0 saturated carbocycles. The number of benzene rings is 1. The summed E-state index contributed by atoms with van der Waals surface area (Å²) in [6.45, 7) is 11.6. The minimum absolute atomic E-state index is 0.364. The molecule has 23 heavy (non-hydrogen) atoms. The number of ether oxygens (including phenoxy) is 2. The fraction of sp³-hybridized carbons (Fsp3) is 0.684. The lowest BCUT2D eigenvalue weighted by molar-refractivity contribution is 0.0341. The van der Waals surface area contributed by atoms with Gasteiger partial charge in [0.15, 0.2) is 0 Å². The SMILES string of the molecule is CC(C)N1CCC(Oc2cccc(CN3CCOCC3)c2)CC1. The van der Waals surface area contributed by atoms with Gasteiger partial charge in [0.05, 0.1) is 13.2 Å². The Labute approximate surface area is 140 Å². The van der Waals surface area contributed by atoms with Gasteiger partial charge in [-0.1, -0.05) is 12.1 Å². The molecule has 0 N–H and O–H groups in total. The highest BCUT2D eigenvalue weighted by Gasteiger charge is 2.22. The summed E-state index contributed by atoms with van der Waals surface area (Å²) in [6.07, 6.45) is 2.63. The van der Waals surface area contributed by atoms with Crippen LogP contribution in [0.5, 0.6) is 5.75 Å². The predicted molar refractivity (Wildman–Crippen MR) is 92.9 cm³/mol. The van der Waals surface area contributed by atoms with Gasteiger partial charge in [0, 0.05) is 38.8 Å². The standard InChI is InChI=1S/C19H30N2O2/c1-16(2)21-8-6-18(7-9-21)23-19-5-3-4-17(14-19)15-20-10-12-22-13-11-20/h3-5,14,16,18H,6-13,15H2,1-2H3. The number of piperidine rings is 1. The van der Waals surface area contributed by atoms with Crippen molar-refractivity contribution in [2.45, 2.75) is 45.4 Å². The largest absolute Gasteiger partial charge is 0.490 e. The smallest absolute Gasteiger partial charge is 0.120 e. The third-order valence-electron chi connectivity index (χ3n) is 4.92. The van der Waals surface area contributed by atoms with E-state index < -0.39 is 0 Å². The Kier molecular flexibility index (Phi) is 5.92. The minimum Gasteiger partial charge on any atom is -0.490 e. The first-order valence-electron chi connectivity index (χ1n) is 9.00. The highest BCUT2D eigenvalue weighted by Crippen LogP contribution is 2.22. The maximum Gasteiger partial charge on any atom is 0.120 e. The van der Waals surface area contributed by atoms with E-state index in [9.17, 15) is 0 Å². The van der Waals surface area contributed by atoms with Crippen molar-refractivity contribution < 1.29 is 9.47 Å². The molecule has 0 aromatic heterocycles. The molecule has 0 spiro atoms. The van der Waals surface area contributed by atoms with E-state index >= 15 is 0 Å². The summed E-state index contributed by atoms with van der Waals surface area (Å²) in [6, 6.07) is 9.27. The fourth-order valence-electron chi connectivity index (χ4n) is 3.44. The van der Waals surface area contributed by atoms with Gasteiger partial charge in [-0.25, -0.2) is 0 Å². The van der Waals surface area contributed by atoms with Crippen LogP contribution >= 0.6 is 0 Å². The Morgan fingerprint density at radius 1 is 1.13 bits per heavy atom. The van der Waals surface area contributed by atoms with Gasteiger partial charge in [0.2, 0.25) is 0 Å². The van der Waals surface area contributed by atoms with Crippen molar-refractivity contribution in [3.05, 3.63) is 29.8 Å². The summed E-state index contributed by atoms with van der Waals surface area (Å²) < 4.78 is 11.7. The van der Waals surface area contributed by atoms with Gasteiger partial charge in [0.25, 0.3) is 0 Å². The molecule has 0 aliphatic carbocycles. The van der Waals surface area contributed by atoms with Gasteiger partial charge in [-0.2, -0.15) is 0 Å². The zero-order chi connectivity index (χ0) is 16.1. The number of likely N-dealkylation sites (tertiary alicyclic amines) is 1. The second kappa shape index (κ2) is 8.13. The van der Waals surface area contributed by atoms with Crippen LogP contribution in [0.4, 0.5) is 0 Å². The monoisotopic (exact) mass is 318 g/mol. The lowest BCUT2D eigenvalue weighted by Crippen LogP contribution is -2.41. The van der Waals surface area contributed by atoms with E-state index in [2.05, 4.69) is 47.9 Å². The third-order valence-corrected chi connectivity index (χ3v) is 4.92. The average Bonchev–Trinajstić information content (AvgIpc) is 2.57. The molecule has 1 aromatic carbocycles. The van der Waals surface area contributed by atoms with E-state index in [0.29, 0.717) is 12.1 Å². The normalized spacial score (nSPS) is 21.7. The van der Waals surface area contributed by atoms with Gasteiger partial charge in [-0.05, 0) is 44.4 Å². The van der Waals surface area contributed by atoms with Crippen LogP contribution in [0.1, 0.15) is 32.3 Å². The molecule has 0 amide bonds. The molecular formula is C19H30N2O2. The molecular weight excluding hydrogens is 288 g/mol. The molecule has 4 nitrogen and oxygen atoms in total. The highest BCUT2D eigenvalue weighted by molar-refractivity contribution is 5.28. The Morgan fingerprint density at radius 2 is 1.87 bits per heavy atom. The third kappa shape index (κ3) is 4.93. The molecule has 0 radical (unpaired) electrons. The first-order chi connectivity index (χ1) is 11.2. The summed E-state index contributed by atoms with van der Waals surface area (Å²) >= 11 is 0. The van der Waals surface area contributed by atoms with Gasteiger partial charge >= 0.3 is 0 Å². The fourth-order valence-corrected chi connectivity index (χ4v) is 3.44. The summed E-state index contributed by atoms with van der Waals surface area (Å²) in [7, 11) is 0. The van der Waals surface area contributed by atoms with Gasteiger partial charge < -0.3 is 14.4 Å². The second-order valence-corrected chi connectivity index (χ2v) is 6.98. The van der Waals surface area contributed by atoms with Crippen LogP contribution in [0.2, 0.25) is 0 Å².